The average Bonchev–Trinajstić information content (AvgIpc) is 1.88. The van der Waals surface area contributed by atoms with Crippen LogP contribution < -0.4 is 5.73 Å². The highest BCUT2D eigenvalue weighted by Crippen LogP contribution is 2.08. The van der Waals surface area contributed by atoms with Crippen LogP contribution in [0.5, 0.6) is 0 Å². The van der Waals surface area contributed by atoms with Crippen molar-refractivity contribution in [1.82, 2.24) is 0 Å². The van der Waals surface area contributed by atoms with Crippen LogP contribution in [0.2, 0.25) is 0 Å². The van der Waals surface area contributed by atoms with Crippen molar-refractivity contribution in [2.45, 2.75) is 13.2 Å². The van der Waals surface area contributed by atoms with Crippen molar-refractivity contribution in [3.63, 3.8) is 0 Å². The zero-order chi connectivity index (χ0) is 7.56. The molecule has 0 saturated carbocycles. The Morgan fingerprint density at radius 3 is 2.60 bits per heavy atom. The molecule has 0 saturated heterocycles. The average molecular weight is 137 g/mol. The second-order valence-corrected chi connectivity index (χ2v) is 2.36. The molecule has 3 N–H and O–H groups in total. The van der Waals surface area contributed by atoms with Gasteiger partial charge < -0.3 is 10.8 Å². The number of benzene rings is 1. The summed E-state index contributed by atoms with van der Waals surface area (Å²) in [5, 5.41) is 8.93. The van der Waals surface area contributed by atoms with E-state index < -0.39 is 6.23 Å². The van der Waals surface area contributed by atoms with Gasteiger partial charge in [0.1, 0.15) is 6.23 Å². The molecule has 0 unspecified atom stereocenters. The van der Waals surface area contributed by atoms with Gasteiger partial charge in [-0.25, -0.2) is 0 Å². The van der Waals surface area contributed by atoms with Crippen LogP contribution in [0.25, 0.3) is 0 Å². The van der Waals surface area contributed by atoms with Crippen LogP contribution in [-0.4, -0.2) is 5.11 Å². The van der Waals surface area contributed by atoms with Crippen molar-refractivity contribution in [1.29, 1.82) is 0 Å². The van der Waals surface area contributed by atoms with Gasteiger partial charge in [0.2, 0.25) is 0 Å². The smallest absolute Gasteiger partial charge is 0.128 e. The number of nitrogens with two attached hydrogens (primary N) is 1. The summed E-state index contributed by atoms with van der Waals surface area (Å²) >= 11 is 0. The van der Waals surface area contributed by atoms with E-state index >= 15 is 0 Å². The largest absolute Gasteiger partial charge is 0.375 e. The number of hydrogen-bond acceptors (Lipinski definition) is 2. The summed E-state index contributed by atoms with van der Waals surface area (Å²) in [6.07, 6.45) is -0.847. The Balaban J connectivity index is 2.96. The maximum Gasteiger partial charge on any atom is 0.128 e. The fraction of sp³-hybridized carbons (Fsp3) is 0.250. The van der Waals surface area contributed by atoms with E-state index in [1.165, 1.54) is 0 Å². The highest BCUT2D eigenvalue weighted by molar-refractivity contribution is 5.23. The van der Waals surface area contributed by atoms with E-state index in [1.807, 2.05) is 25.1 Å². The molecule has 1 atom stereocenters. The molecule has 0 spiro atoms. The molecular formula is C8H11NO. The topological polar surface area (TPSA) is 46.2 Å². The maximum atomic E-state index is 8.93. The second-order valence-electron chi connectivity index (χ2n) is 2.36. The van der Waals surface area contributed by atoms with Crippen LogP contribution in [-0.2, 0) is 0 Å². The summed E-state index contributed by atoms with van der Waals surface area (Å²) in [5.74, 6) is 0. The SMILES string of the molecule is Cc1cccc([C@H](N)O)c1. The Kier molecular flexibility index (Phi) is 2.04. The van der Waals surface area contributed by atoms with E-state index in [4.69, 9.17) is 10.8 Å². The second kappa shape index (κ2) is 2.82. The van der Waals surface area contributed by atoms with Crippen molar-refractivity contribution < 1.29 is 5.11 Å². The summed E-state index contributed by atoms with van der Waals surface area (Å²) < 4.78 is 0. The number of hydrogen-bond donors (Lipinski definition) is 2. The lowest BCUT2D eigenvalue weighted by atomic mass is 10.1. The van der Waals surface area contributed by atoms with E-state index in [9.17, 15) is 0 Å². The Labute approximate surface area is 60.3 Å². The predicted molar refractivity (Wildman–Crippen MR) is 40.3 cm³/mol. The minimum absolute atomic E-state index is 0.764. The fourth-order valence-electron chi connectivity index (χ4n) is 0.854. The zero-order valence-corrected chi connectivity index (χ0v) is 5.91. The van der Waals surface area contributed by atoms with Crippen molar-refractivity contribution >= 4 is 0 Å². The molecule has 2 heteroatoms. The Morgan fingerprint density at radius 1 is 1.50 bits per heavy atom. The minimum atomic E-state index is -0.847. The first-order chi connectivity index (χ1) is 4.70. The van der Waals surface area contributed by atoms with Gasteiger partial charge in [-0.1, -0.05) is 29.8 Å². The Bertz CT molecular complexity index is 220. The van der Waals surface area contributed by atoms with Crippen LogP contribution in [0.3, 0.4) is 0 Å². The molecule has 1 aromatic carbocycles. The molecule has 0 fully saturated rings. The highest BCUT2D eigenvalue weighted by Gasteiger charge is 1.98. The van der Waals surface area contributed by atoms with Gasteiger partial charge in [-0.2, -0.15) is 0 Å². The predicted octanol–water partition coefficient (Wildman–Crippen LogP) is 0.945. The summed E-state index contributed by atoms with van der Waals surface area (Å²) in [5.41, 5.74) is 7.12. The lowest BCUT2D eigenvalue weighted by molar-refractivity contribution is 0.186. The molecular weight excluding hydrogens is 126 g/mol. The molecule has 54 valence electrons. The lowest BCUT2D eigenvalue weighted by Gasteiger charge is -2.03. The zero-order valence-electron chi connectivity index (χ0n) is 5.91. The van der Waals surface area contributed by atoms with Crippen LogP contribution in [0.1, 0.15) is 17.4 Å². The lowest BCUT2D eigenvalue weighted by Crippen LogP contribution is -2.08. The molecule has 0 aliphatic heterocycles. The molecule has 0 aromatic heterocycles. The molecule has 0 heterocycles. The number of aryl methyl sites for hydroxylation is 1. The van der Waals surface area contributed by atoms with Gasteiger partial charge in [-0.3, -0.25) is 0 Å². The molecule has 0 radical (unpaired) electrons. The van der Waals surface area contributed by atoms with E-state index in [2.05, 4.69) is 0 Å². The van der Waals surface area contributed by atoms with Gasteiger partial charge in [0, 0.05) is 0 Å². The maximum absolute atomic E-state index is 8.93. The van der Waals surface area contributed by atoms with E-state index in [1.54, 1.807) is 6.07 Å². The molecule has 0 bridgehead atoms. The van der Waals surface area contributed by atoms with Gasteiger partial charge in [0.15, 0.2) is 0 Å². The van der Waals surface area contributed by atoms with E-state index in [0.717, 1.165) is 11.1 Å². The first kappa shape index (κ1) is 7.25. The van der Waals surface area contributed by atoms with Gasteiger partial charge >= 0.3 is 0 Å². The standard InChI is InChI=1S/C8H11NO/c1-6-3-2-4-7(5-6)8(9)10/h2-5,8,10H,9H2,1H3/t8-/m1/s1. The van der Waals surface area contributed by atoms with E-state index in [0.29, 0.717) is 0 Å². The molecule has 0 aliphatic carbocycles. The van der Waals surface area contributed by atoms with Crippen LogP contribution >= 0.6 is 0 Å². The summed E-state index contributed by atoms with van der Waals surface area (Å²) in [6.45, 7) is 1.96. The third-order valence-corrected chi connectivity index (χ3v) is 1.38. The first-order valence-corrected chi connectivity index (χ1v) is 3.20. The van der Waals surface area contributed by atoms with E-state index in [-0.39, 0.29) is 0 Å². The normalized spacial score (nSPS) is 13.1. The quantitative estimate of drug-likeness (QED) is 0.566. The first-order valence-electron chi connectivity index (χ1n) is 3.20. The Morgan fingerprint density at radius 2 is 2.20 bits per heavy atom. The third-order valence-electron chi connectivity index (χ3n) is 1.38. The summed E-state index contributed by atoms with van der Waals surface area (Å²) in [7, 11) is 0. The van der Waals surface area contributed by atoms with Crippen molar-refractivity contribution in [2.75, 3.05) is 0 Å². The summed E-state index contributed by atoms with van der Waals surface area (Å²) in [4.78, 5) is 0. The van der Waals surface area contributed by atoms with Crippen LogP contribution in [0.15, 0.2) is 24.3 Å². The van der Waals surface area contributed by atoms with Crippen molar-refractivity contribution in [3.8, 4) is 0 Å². The Hall–Kier alpha value is -0.860. The molecule has 1 rings (SSSR count). The molecule has 0 amide bonds. The highest BCUT2D eigenvalue weighted by atomic mass is 16.3. The molecule has 10 heavy (non-hydrogen) atoms. The number of rotatable bonds is 1. The molecule has 0 aliphatic rings. The van der Waals surface area contributed by atoms with Crippen LogP contribution in [0.4, 0.5) is 0 Å². The van der Waals surface area contributed by atoms with Gasteiger partial charge in [0.25, 0.3) is 0 Å². The minimum Gasteiger partial charge on any atom is -0.375 e. The number of aliphatic hydroxyl groups is 1. The number of aliphatic hydroxyl groups excluding tert-OH is 1. The molecule has 2 nitrogen and oxygen atoms in total. The monoisotopic (exact) mass is 137 g/mol. The van der Waals surface area contributed by atoms with Gasteiger partial charge in [-0.15, -0.1) is 0 Å². The van der Waals surface area contributed by atoms with Crippen LogP contribution in [0, 0.1) is 6.92 Å². The van der Waals surface area contributed by atoms with Crippen molar-refractivity contribution in [2.24, 2.45) is 5.73 Å². The van der Waals surface area contributed by atoms with Crippen molar-refractivity contribution in [3.05, 3.63) is 35.4 Å². The fourth-order valence-corrected chi connectivity index (χ4v) is 0.854. The summed E-state index contributed by atoms with van der Waals surface area (Å²) in [6, 6.07) is 7.51. The third kappa shape index (κ3) is 1.56. The molecule has 1 aromatic rings. The van der Waals surface area contributed by atoms with Gasteiger partial charge in [0.05, 0.1) is 0 Å². The van der Waals surface area contributed by atoms with Gasteiger partial charge in [-0.05, 0) is 12.5 Å².